The van der Waals surface area contributed by atoms with Gasteiger partial charge in [-0.2, -0.15) is 50.7 Å². The Morgan fingerprint density at radius 3 is 2.05 bits per heavy atom. The summed E-state index contributed by atoms with van der Waals surface area (Å²) in [5.41, 5.74) is 5.87. The number of carboxylic acids is 3. The van der Waals surface area contributed by atoms with Gasteiger partial charge in [-0.3, -0.25) is 9.69 Å². The number of thiol groups is 1. The molecule has 0 aromatic heterocycles. The Balaban J connectivity index is 0.00000109. The van der Waals surface area contributed by atoms with Crippen LogP contribution in [0.2, 0.25) is 0 Å². The number of thioether (sulfide) groups is 1. The molecule has 0 bridgehead atoms. The van der Waals surface area contributed by atoms with Crippen LogP contribution in [0.15, 0.2) is 42.5 Å². The molecule has 0 radical (unpaired) electrons. The SMILES string of the molecule is CSCC[C@@H](NC(=O)[C@@H]1C[C@H](Oc2ccccc2)CN1C/C=C/[C@@H](N)CS)C(=O)O.O=C(O)C(F)(F)F.O=C(O)C(F)(F)F. The summed E-state index contributed by atoms with van der Waals surface area (Å²) in [4.78, 5) is 44.3. The number of aliphatic carboxylic acids is 3. The lowest BCUT2D eigenvalue weighted by Gasteiger charge is -2.24. The molecule has 1 fully saturated rings. The molecule has 1 aliphatic rings. The lowest BCUT2D eigenvalue weighted by molar-refractivity contribution is -0.193. The van der Waals surface area contributed by atoms with Crippen LogP contribution in [-0.2, 0) is 19.2 Å². The number of carbonyl (C=O) groups excluding carboxylic acids is 1. The number of carbonyl (C=O) groups is 4. The molecular formula is C25H33F6N3O8S2. The van der Waals surface area contributed by atoms with Crippen molar-refractivity contribution >= 4 is 48.2 Å². The average Bonchev–Trinajstić information content (AvgIpc) is 3.33. The van der Waals surface area contributed by atoms with Crippen LogP contribution in [0.4, 0.5) is 26.3 Å². The monoisotopic (exact) mass is 681 g/mol. The number of para-hydroxylation sites is 1. The van der Waals surface area contributed by atoms with E-state index in [1.165, 1.54) is 0 Å². The highest BCUT2D eigenvalue weighted by molar-refractivity contribution is 7.98. The van der Waals surface area contributed by atoms with Gasteiger partial charge in [-0.15, -0.1) is 0 Å². The minimum Gasteiger partial charge on any atom is -0.489 e. The van der Waals surface area contributed by atoms with Crippen LogP contribution in [0, 0.1) is 0 Å². The van der Waals surface area contributed by atoms with Gasteiger partial charge < -0.3 is 31.1 Å². The molecular weight excluding hydrogens is 648 g/mol. The van der Waals surface area contributed by atoms with E-state index in [2.05, 4.69) is 17.9 Å². The molecule has 0 spiro atoms. The van der Waals surface area contributed by atoms with Crippen molar-refractivity contribution in [2.45, 2.75) is 49.4 Å². The van der Waals surface area contributed by atoms with Crippen molar-refractivity contribution in [1.29, 1.82) is 0 Å². The molecule has 1 amide bonds. The summed E-state index contributed by atoms with van der Waals surface area (Å²) in [6, 6.07) is 7.97. The highest BCUT2D eigenvalue weighted by atomic mass is 32.2. The lowest BCUT2D eigenvalue weighted by atomic mass is 10.1. The van der Waals surface area contributed by atoms with Gasteiger partial charge >= 0.3 is 30.3 Å². The molecule has 0 unspecified atom stereocenters. The third-order valence-corrected chi connectivity index (χ3v) is 6.42. The average molecular weight is 682 g/mol. The molecule has 1 aromatic carbocycles. The van der Waals surface area contributed by atoms with Crippen LogP contribution in [-0.4, -0.2) is 111 Å². The van der Waals surface area contributed by atoms with Crippen LogP contribution < -0.4 is 15.8 Å². The van der Waals surface area contributed by atoms with Crippen molar-refractivity contribution in [3.8, 4) is 5.75 Å². The number of amides is 1. The van der Waals surface area contributed by atoms with E-state index in [-0.39, 0.29) is 18.1 Å². The highest BCUT2D eigenvalue weighted by Crippen LogP contribution is 2.23. The minimum absolute atomic E-state index is 0.150. The number of hydrogen-bond acceptors (Lipinski definition) is 9. The van der Waals surface area contributed by atoms with Crippen molar-refractivity contribution in [3.05, 3.63) is 42.5 Å². The third kappa shape index (κ3) is 17.2. The zero-order valence-electron chi connectivity index (χ0n) is 23.1. The summed E-state index contributed by atoms with van der Waals surface area (Å²) in [5, 5.41) is 26.4. The first-order valence-corrected chi connectivity index (χ1v) is 14.5. The van der Waals surface area contributed by atoms with Gasteiger partial charge in [0.1, 0.15) is 17.9 Å². The fraction of sp³-hybridized carbons (Fsp3) is 0.520. The fourth-order valence-electron chi connectivity index (χ4n) is 3.31. The Bertz CT molecular complexity index is 1060. The largest absolute Gasteiger partial charge is 0.490 e. The number of halogens is 6. The predicted octanol–water partition coefficient (Wildman–Crippen LogP) is 2.91. The Kier molecular flexibility index (Phi) is 18.5. The molecule has 1 aliphatic heterocycles. The third-order valence-electron chi connectivity index (χ3n) is 5.36. The number of benzene rings is 1. The van der Waals surface area contributed by atoms with E-state index in [1.54, 1.807) is 11.8 Å². The number of nitrogens with one attached hydrogen (secondary N) is 1. The Morgan fingerprint density at radius 2 is 1.61 bits per heavy atom. The van der Waals surface area contributed by atoms with Crippen molar-refractivity contribution < 1.29 is 65.6 Å². The second kappa shape index (κ2) is 20.0. The Hall–Kier alpha value is -3.16. The maximum Gasteiger partial charge on any atom is 0.490 e. The number of likely N-dealkylation sites (tertiary alicyclic amines) is 1. The van der Waals surface area contributed by atoms with Crippen molar-refractivity contribution in [2.24, 2.45) is 5.73 Å². The maximum atomic E-state index is 12.9. The molecule has 0 aliphatic carbocycles. The molecule has 19 heteroatoms. The highest BCUT2D eigenvalue weighted by Gasteiger charge is 2.40. The number of rotatable bonds is 12. The molecule has 1 saturated heterocycles. The van der Waals surface area contributed by atoms with Crippen LogP contribution in [0.1, 0.15) is 12.8 Å². The van der Waals surface area contributed by atoms with Gasteiger partial charge in [0.15, 0.2) is 0 Å². The molecule has 6 N–H and O–H groups in total. The van der Waals surface area contributed by atoms with Gasteiger partial charge in [-0.05, 0) is 30.6 Å². The van der Waals surface area contributed by atoms with Crippen molar-refractivity contribution in [2.75, 3.05) is 30.9 Å². The van der Waals surface area contributed by atoms with Crippen LogP contribution in [0.5, 0.6) is 5.75 Å². The van der Waals surface area contributed by atoms with Crippen LogP contribution in [0.3, 0.4) is 0 Å². The van der Waals surface area contributed by atoms with Crippen molar-refractivity contribution in [3.63, 3.8) is 0 Å². The van der Waals surface area contributed by atoms with Gasteiger partial charge in [-0.25, -0.2) is 14.4 Å². The van der Waals surface area contributed by atoms with E-state index >= 15 is 0 Å². The molecule has 1 aromatic rings. The molecule has 44 heavy (non-hydrogen) atoms. The first-order valence-electron chi connectivity index (χ1n) is 12.4. The summed E-state index contributed by atoms with van der Waals surface area (Å²) in [6.45, 7) is 1.09. The van der Waals surface area contributed by atoms with Crippen LogP contribution >= 0.6 is 24.4 Å². The van der Waals surface area contributed by atoms with E-state index in [0.717, 1.165) is 5.75 Å². The smallest absolute Gasteiger partial charge is 0.489 e. The second-order valence-corrected chi connectivity index (χ2v) is 10.2. The van der Waals surface area contributed by atoms with Gasteiger partial charge in [0.2, 0.25) is 5.91 Å². The lowest BCUT2D eigenvalue weighted by Crippen LogP contribution is -2.49. The second-order valence-electron chi connectivity index (χ2n) is 8.82. The van der Waals surface area contributed by atoms with Crippen molar-refractivity contribution in [1.82, 2.24) is 10.2 Å². The fourth-order valence-corrected chi connectivity index (χ4v) is 3.90. The maximum absolute atomic E-state index is 12.9. The molecule has 250 valence electrons. The summed E-state index contributed by atoms with van der Waals surface area (Å²) >= 11 is 5.72. The van der Waals surface area contributed by atoms with E-state index < -0.39 is 42.3 Å². The van der Waals surface area contributed by atoms with E-state index in [9.17, 15) is 41.0 Å². The quantitative estimate of drug-likeness (QED) is 0.109. The normalized spacial score (nSPS) is 18.2. The number of ether oxygens (including phenoxy) is 1. The Morgan fingerprint density at radius 1 is 1.09 bits per heavy atom. The number of hydrogen-bond donors (Lipinski definition) is 6. The number of nitrogens with zero attached hydrogens (tertiary/aromatic N) is 1. The number of nitrogens with two attached hydrogens (primary N) is 1. The summed E-state index contributed by atoms with van der Waals surface area (Å²) in [7, 11) is 0. The molecule has 4 atom stereocenters. The topological polar surface area (TPSA) is 179 Å². The summed E-state index contributed by atoms with van der Waals surface area (Å²) in [6.07, 6.45) is -3.75. The summed E-state index contributed by atoms with van der Waals surface area (Å²) < 4.78 is 69.5. The minimum atomic E-state index is -5.08. The molecule has 11 nitrogen and oxygen atoms in total. The van der Waals surface area contributed by atoms with E-state index in [1.807, 2.05) is 53.6 Å². The van der Waals surface area contributed by atoms with Gasteiger partial charge in [-0.1, -0.05) is 30.4 Å². The number of alkyl halides is 6. The van der Waals surface area contributed by atoms with Gasteiger partial charge in [0.25, 0.3) is 0 Å². The molecule has 0 saturated carbocycles. The number of carboxylic acid groups (broad SMARTS) is 3. The van der Waals surface area contributed by atoms with Gasteiger partial charge in [0.05, 0.1) is 6.04 Å². The van der Waals surface area contributed by atoms with E-state index in [0.29, 0.717) is 37.4 Å². The predicted molar refractivity (Wildman–Crippen MR) is 152 cm³/mol. The molecule has 1 heterocycles. The first-order chi connectivity index (χ1) is 20.3. The standard InChI is InChI=1S/C21H31N3O4S2.2C2HF3O2/c1-30-11-9-18(21(26)27)23-20(25)19-12-17(28-16-7-3-2-4-8-16)13-24(19)10-5-6-15(22)14-29;2*3-2(4,5)1(6)7/h2-8,15,17-19,29H,9-14,22H2,1H3,(H,23,25)(H,26,27);2*(H,6,7)/b6-5+;;/t15-,17+,18-,19+;;/m1../s1. The summed E-state index contributed by atoms with van der Waals surface area (Å²) in [5.74, 6) is -4.86. The van der Waals surface area contributed by atoms with Crippen LogP contribution in [0.25, 0.3) is 0 Å². The molecule has 2 rings (SSSR count). The van der Waals surface area contributed by atoms with Gasteiger partial charge in [0, 0.05) is 31.3 Å². The van der Waals surface area contributed by atoms with E-state index in [4.69, 9.17) is 30.3 Å². The zero-order chi connectivity index (χ0) is 34.1. The zero-order valence-corrected chi connectivity index (χ0v) is 24.8. The Labute approximate surface area is 258 Å². The first kappa shape index (κ1) is 40.8.